The van der Waals surface area contributed by atoms with E-state index in [0.717, 1.165) is 22.8 Å². The van der Waals surface area contributed by atoms with Crippen molar-refractivity contribution in [3.8, 4) is 5.82 Å². The van der Waals surface area contributed by atoms with Gasteiger partial charge in [-0.25, -0.2) is 14.6 Å². The second-order valence-electron chi connectivity index (χ2n) is 3.85. The molecule has 0 fully saturated rings. The Morgan fingerprint density at radius 1 is 1.38 bits per heavy atom. The number of hydrogen-bond acceptors (Lipinski definition) is 4. The number of nitrogens with two attached hydrogens (primary N) is 1. The fourth-order valence-electron chi connectivity index (χ4n) is 1.95. The highest BCUT2D eigenvalue weighted by Gasteiger charge is 2.15. The Balaban J connectivity index is 2.56. The molecule has 1 atom stereocenters. The molecule has 0 radical (unpaired) electrons. The molecule has 0 aliphatic carbocycles. The van der Waals surface area contributed by atoms with Crippen LogP contribution in [0, 0.1) is 13.8 Å². The van der Waals surface area contributed by atoms with Crippen molar-refractivity contribution in [1.29, 1.82) is 0 Å². The lowest BCUT2D eigenvalue weighted by Gasteiger charge is -2.06. The van der Waals surface area contributed by atoms with Crippen molar-refractivity contribution in [1.82, 2.24) is 19.7 Å². The fraction of sp³-hybridized carbons (Fsp3) is 0.364. The third-order valence-corrected chi connectivity index (χ3v) is 2.59. The minimum absolute atomic E-state index is 0.0180. The molecule has 0 saturated carbocycles. The van der Waals surface area contributed by atoms with Gasteiger partial charge in [-0.1, -0.05) is 0 Å². The zero-order valence-corrected chi connectivity index (χ0v) is 9.68. The molecular weight excluding hydrogens is 202 g/mol. The highest BCUT2D eigenvalue weighted by molar-refractivity contribution is 5.33. The van der Waals surface area contributed by atoms with Gasteiger partial charge in [-0.3, -0.25) is 0 Å². The van der Waals surface area contributed by atoms with Crippen LogP contribution in [-0.4, -0.2) is 19.7 Å². The number of hydrogen-bond donors (Lipinski definition) is 1. The van der Waals surface area contributed by atoms with E-state index in [-0.39, 0.29) is 6.04 Å². The predicted octanol–water partition coefficient (Wildman–Crippen LogP) is 1.30. The molecule has 5 heteroatoms. The van der Waals surface area contributed by atoms with E-state index < -0.39 is 0 Å². The lowest BCUT2D eigenvalue weighted by molar-refractivity contribution is 0.784. The van der Waals surface area contributed by atoms with E-state index in [1.807, 2.05) is 26.8 Å². The van der Waals surface area contributed by atoms with Gasteiger partial charge in [-0.15, -0.1) is 0 Å². The fourth-order valence-corrected chi connectivity index (χ4v) is 1.95. The molecule has 2 aromatic heterocycles. The van der Waals surface area contributed by atoms with E-state index in [2.05, 4.69) is 15.1 Å². The van der Waals surface area contributed by atoms with Crippen molar-refractivity contribution in [3.63, 3.8) is 0 Å². The number of nitrogens with zero attached hydrogens (tertiary/aromatic N) is 4. The van der Waals surface area contributed by atoms with Gasteiger partial charge in [0.15, 0.2) is 5.82 Å². The summed E-state index contributed by atoms with van der Waals surface area (Å²) < 4.78 is 1.80. The molecule has 2 N–H and O–H groups in total. The normalized spacial score (nSPS) is 12.8. The second kappa shape index (κ2) is 4.02. The summed E-state index contributed by atoms with van der Waals surface area (Å²) in [6.45, 7) is 5.92. The summed E-state index contributed by atoms with van der Waals surface area (Å²) in [4.78, 5) is 8.06. The van der Waals surface area contributed by atoms with Crippen molar-refractivity contribution in [3.05, 3.63) is 35.5 Å². The lowest BCUT2D eigenvalue weighted by atomic mass is 10.1. The van der Waals surface area contributed by atoms with Gasteiger partial charge in [0.05, 0.1) is 5.69 Å². The van der Waals surface area contributed by atoms with Crippen LogP contribution in [0.15, 0.2) is 18.6 Å². The van der Waals surface area contributed by atoms with Gasteiger partial charge >= 0.3 is 0 Å². The molecule has 2 heterocycles. The largest absolute Gasteiger partial charge is 0.324 e. The number of aromatic nitrogens is 4. The first-order chi connectivity index (χ1) is 7.61. The smallest absolute Gasteiger partial charge is 0.156 e. The number of rotatable bonds is 2. The van der Waals surface area contributed by atoms with E-state index in [0.29, 0.717) is 0 Å². The Morgan fingerprint density at radius 2 is 2.12 bits per heavy atom. The minimum Gasteiger partial charge on any atom is -0.324 e. The standard InChI is InChI=1S/C11H15N5/c1-7(12)11-8(2)15-16(9(11)3)10-4-5-13-6-14-10/h4-7H,12H2,1-3H3. The Morgan fingerprint density at radius 3 is 2.62 bits per heavy atom. The number of aryl methyl sites for hydroxylation is 1. The van der Waals surface area contributed by atoms with Gasteiger partial charge in [-0.2, -0.15) is 5.10 Å². The highest BCUT2D eigenvalue weighted by Crippen LogP contribution is 2.21. The molecule has 0 bridgehead atoms. The lowest BCUT2D eigenvalue weighted by Crippen LogP contribution is -2.08. The minimum atomic E-state index is -0.0180. The monoisotopic (exact) mass is 217 g/mol. The molecule has 84 valence electrons. The first-order valence-corrected chi connectivity index (χ1v) is 5.19. The summed E-state index contributed by atoms with van der Waals surface area (Å²) in [7, 11) is 0. The molecule has 0 aromatic carbocycles. The molecule has 1 unspecified atom stereocenters. The SMILES string of the molecule is Cc1nn(-c2ccncn2)c(C)c1C(C)N. The predicted molar refractivity (Wildman–Crippen MR) is 61.2 cm³/mol. The summed E-state index contributed by atoms with van der Waals surface area (Å²) in [5.74, 6) is 0.766. The summed E-state index contributed by atoms with van der Waals surface area (Å²) in [6, 6.07) is 1.81. The van der Waals surface area contributed by atoms with E-state index in [4.69, 9.17) is 5.73 Å². The van der Waals surface area contributed by atoms with E-state index in [1.54, 1.807) is 10.9 Å². The van der Waals surface area contributed by atoms with Crippen LogP contribution >= 0.6 is 0 Å². The average molecular weight is 217 g/mol. The first kappa shape index (κ1) is 10.8. The van der Waals surface area contributed by atoms with Crippen LogP contribution in [0.25, 0.3) is 5.82 Å². The van der Waals surface area contributed by atoms with Crippen molar-refractivity contribution in [2.45, 2.75) is 26.8 Å². The van der Waals surface area contributed by atoms with Crippen molar-refractivity contribution in [2.75, 3.05) is 0 Å². The van der Waals surface area contributed by atoms with E-state index in [9.17, 15) is 0 Å². The maximum atomic E-state index is 5.92. The van der Waals surface area contributed by atoms with Gasteiger partial charge in [0.25, 0.3) is 0 Å². The zero-order valence-electron chi connectivity index (χ0n) is 9.68. The Hall–Kier alpha value is -1.75. The van der Waals surface area contributed by atoms with E-state index >= 15 is 0 Å². The van der Waals surface area contributed by atoms with E-state index in [1.165, 1.54) is 6.33 Å². The molecule has 0 spiro atoms. The summed E-state index contributed by atoms with van der Waals surface area (Å²) >= 11 is 0. The molecule has 2 rings (SSSR count). The van der Waals surface area contributed by atoms with Crippen LogP contribution in [-0.2, 0) is 0 Å². The zero-order chi connectivity index (χ0) is 11.7. The molecule has 2 aromatic rings. The van der Waals surface area contributed by atoms with Crippen molar-refractivity contribution < 1.29 is 0 Å². The average Bonchev–Trinajstić information content (AvgIpc) is 2.55. The first-order valence-electron chi connectivity index (χ1n) is 5.19. The van der Waals surface area contributed by atoms with Gasteiger partial charge in [0, 0.05) is 29.6 Å². The van der Waals surface area contributed by atoms with Gasteiger partial charge in [-0.05, 0) is 20.8 Å². The van der Waals surface area contributed by atoms with Crippen LogP contribution in [0.2, 0.25) is 0 Å². The molecule has 0 aliphatic rings. The Labute approximate surface area is 94.3 Å². The summed E-state index contributed by atoms with van der Waals surface area (Å²) in [6.07, 6.45) is 3.21. The molecule has 0 aliphatic heterocycles. The molecule has 5 nitrogen and oxygen atoms in total. The highest BCUT2D eigenvalue weighted by atomic mass is 15.3. The molecule has 0 amide bonds. The van der Waals surface area contributed by atoms with Crippen LogP contribution < -0.4 is 5.73 Å². The maximum Gasteiger partial charge on any atom is 0.156 e. The Kier molecular flexibility index (Phi) is 2.70. The van der Waals surface area contributed by atoms with Crippen LogP contribution in [0.5, 0.6) is 0 Å². The van der Waals surface area contributed by atoms with Crippen LogP contribution in [0.1, 0.15) is 29.9 Å². The third-order valence-electron chi connectivity index (χ3n) is 2.59. The van der Waals surface area contributed by atoms with Crippen LogP contribution in [0.3, 0.4) is 0 Å². The van der Waals surface area contributed by atoms with Crippen molar-refractivity contribution in [2.24, 2.45) is 5.73 Å². The quantitative estimate of drug-likeness (QED) is 0.823. The molecule has 16 heavy (non-hydrogen) atoms. The maximum absolute atomic E-state index is 5.92. The second-order valence-corrected chi connectivity index (χ2v) is 3.85. The van der Waals surface area contributed by atoms with Gasteiger partial charge < -0.3 is 5.73 Å². The summed E-state index contributed by atoms with van der Waals surface area (Å²) in [5.41, 5.74) is 8.99. The molecule has 0 saturated heterocycles. The van der Waals surface area contributed by atoms with Crippen molar-refractivity contribution >= 4 is 0 Å². The van der Waals surface area contributed by atoms with Gasteiger partial charge in [0.1, 0.15) is 6.33 Å². The summed E-state index contributed by atoms with van der Waals surface area (Å²) in [5, 5.41) is 4.45. The third kappa shape index (κ3) is 1.69. The Bertz CT molecular complexity index is 487. The van der Waals surface area contributed by atoms with Crippen LogP contribution in [0.4, 0.5) is 0 Å². The topological polar surface area (TPSA) is 69.6 Å². The molecular formula is C11H15N5. The van der Waals surface area contributed by atoms with Gasteiger partial charge in [0.2, 0.25) is 0 Å².